The van der Waals surface area contributed by atoms with E-state index in [1.54, 1.807) is 19.2 Å². The third-order valence-corrected chi connectivity index (χ3v) is 7.88. The molecule has 0 heterocycles. The number of amides is 1. The Morgan fingerprint density at radius 2 is 1.71 bits per heavy atom. The molecule has 0 saturated heterocycles. The molecule has 6 nitrogen and oxygen atoms in total. The number of nitrogens with zero attached hydrogens (tertiary/aromatic N) is 1. The zero-order chi connectivity index (χ0) is 24.7. The highest BCUT2D eigenvalue weighted by molar-refractivity contribution is 7.89. The fourth-order valence-electron chi connectivity index (χ4n) is 3.42. The lowest BCUT2D eigenvalue weighted by molar-refractivity contribution is -0.121. The summed E-state index contributed by atoms with van der Waals surface area (Å²) < 4.78 is 33.3. The number of ether oxygens (including phenoxy) is 1. The SMILES string of the molecule is COc1ccc([C@H](C)NC(=O)CN(CCc2ccccc2)S(=O)(=O)c2cc(Cl)ccc2Cl)cc1. The van der Waals surface area contributed by atoms with Crippen LogP contribution in [0.25, 0.3) is 0 Å². The van der Waals surface area contributed by atoms with Gasteiger partial charge in [0.15, 0.2) is 0 Å². The van der Waals surface area contributed by atoms with E-state index in [-0.39, 0.29) is 34.1 Å². The maximum absolute atomic E-state index is 13.5. The average molecular weight is 521 g/mol. The standard InChI is InChI=1S/C25H26Cl2N2O4S/c1-18(20-8-11-22(33-2)12-9-20)28-25(30)17-29(15-14-19-6-4-3-5-7-19)34(31,32)24-16-21(26)10-13-23(24)27/h3-13,16,18H,14-15,17H2,1-2H3,(H,28,30)/t18-/m0/s1. The molecule has 1 N–H and O–H groups in total. The molecule has 0 aliphatic carbocycles. The Hall–Kier alpha value is -2.58. The van der Waals surface area contributed by atoms with Crippen molar-refractivity contribution in [3.8, 4) is 5.75 Å². The smallest absolute Gasteiger partial charge is 0.245 e. The lowest BCUT2D eigenvalue weighted by Gasteiger charge is -2.24. The fraction of sp³-hybridized carbons (Fsp3) is 0.240. The third-order valence-electron chi connectivity index (χ3n) is 5.32. The summed E-state index contributed by atoms with van der Waals surface area (Å²) in [5.41, 5.74) is 1.82. The summed E-state index contributed by atoms with van der Waals surface area (Å²) in [6.45, 7) is 1.56. The quantitative estimate of drug-likeness (QED) is 0.402. The Bertz CT molecular complexity index is 1220. The molecule has 1 amide bonds. The van der Waals surface area contributed by atoms with Gasteiger partial charge in [-0.2, -0.15) is 4.31 Å². The van der Waals surface area contributed by atoms with Gasteiger partial charge in [0.2, 0.25) is 15.9 Å². The van der Waals surface area contributed by atoms with E-state index in [1.165, 1.54) is 18.2 Å². The van der Waals surface area contributed by atoms with Gasteiger partial charge in [-0.05, 0) is 54.8 Å². The van der Waals surface area contributed by atoms with E-state index in [9.17, 15) is 13.2 Å². The van der Waals surface area contributed by atoms with Gasteiger partial charge in [0, 0.05) is 11.6 Å². The minimum atomic E-state index is -4.09. The summed E-state index contributed by atoms with van der Waals surface area (Å²) >= 11 is 12.2. The normalized spacial score (nSPS) is 12.4. The van der Waals surface area contributed by atoms with Crippen molar-refractivity contribution in [2.45, 2.75) is 24.3 Å². The van der Waals surface area contributed by atoms with Crippen LogP contribution < -0.4 is 10.1 Å². The summed E-state index contributed by atoms with van der Waals surface area (Å²) in [7, 11) is -2.51. The second-order valence-corrected chi connectivity index (χ2v) is 10.5. The number of hydrogen-bond acceptors (Lipinski definition) is 4. The van der Waals surface area contributed by atoms with Gasteiger partial charge in [0.1, 0.15) is 10.6 Å². The van der Waals surface area contributed by atoms with E-state index in [0.717, 1.165) is 15.4 Å². The van der Waals surface area contributed by atoms with Crippen molar-refractivity contribution in [2.24, 2.45) is 0 Å². The van der Waals surface area contributed by atoms with Crippen LogP contribution in [0.15, 0.2) is 77.7 Å². The van der Waals surface area contributed by atoms with Crippen LogP contribution in [0.4, 0.5) is 0 Å². The monoisotopic (exact) mass is 520 g/mol. The van der Waals surface area contributed by atoms with E-state index in [1.807, 2.05) is 49.4 Å². The molecule has 3 rings (SSSR count). The minimum Gasteiger partial charge on any atom is -0.497 e. The van der Waals surface area contributed by atoms with E-state index >= 15 is 0 Å². The van der Waals surface area contributed by atoms with Crippen molar-refractivity contribution in [1.82, 2.24) is 9.62 Å². The molecule has 1 atom stereocenters. The van der Waals surface area contributed by atoms with Crippen molar-refractivity contribution < 1.29 is 17.9 Å². The number of sulfonamides is 1. The van der Waals surface area contributed by atoms with Crippen LogP contribution in [-0.2, 0) is 21.2 Å². The lowest BCUT2D eigenvalue weighted by Crippen LogP contribution is -2.42. The highest BCUT2D eigenvalue weighted by atomic mass is 35.5. The van der Waals surface area contributed by atoms with Crippen molar-refractivity contribution in [3.05, 3.63) is 94.0 Å². The topological polar surface area (TPSA) is 75.7 Å². The van der Waals surface area contributed by atoms with Crippen LogP contribution >= 0.6 is 23.2 Å². The molecule has 0 fully saturated rings. The van der Waals surface area contributed by atoms with E-state index in [4.69, 9.17) is 27.9 Å². The van der Waals surface area contributed by atoms with Gasteiger partial charge in [-0.3, -0.25) is 4.79 Å². The first-order valence-electron chi connectivity index (χ1n) is 10.6. The van der Waals surface area contributed by atoms with Gasteiger partial charge in [-0.25, -0.2) is 8.42 Å². The molecule has 0 unspecified atom stereocenters. The van der Waals surface area contributed by atoms with Gasteiger partial charge in [0.05, 0.1) is 24.7 Å². The molecule has 0 aliphatic rings. The first-order chi connectivity index (χ1) is 16.2. The molecule has 0 saturated carbocycles. The van der Waals surface area contributed by atoms with Crippen molar-refractivity contribution in [3.63, 3.8) is 0 Å². The number of nitrogens with one attached hydrogen (secondary N) is 1. The lowest BCUT2D eigenvalue weighted by atomic mass is 10.1. The third kappa shape index (κ3) is 6.73. The Balaban J connectivity index is 1.80. The molecule has 34 heavy (non-hydrogen) atoms. The predicted octanol–water partition coefficient (Wildman–Crippen LogP) is 5.11. The molecule has 0 aromatic heterocycles. The number of hydrogen-bond donors (Lipinski definition) is 1. The Labute approximate surface area is 210 Å². The summed E-state index contributed by atoms with van der Waals surface area (Å²) in [6.07, 6.45) is 0.430. The van der Waals surface area contributed by atoms with Crippen molar-refractivity contribution in [1.29, 1.82) is 0 Å². The first-order valence-corrected chi connectivity index (χ1v) is 12.8. The van der Waals surface area contributed by atoms with Crippen molar-refractivity contribution in [2.75, 3.05) is 20.2 Å². The summed E-state index contributed by atoms with van der Waals surface area (Å²) in [6, 6.07) is 20.7. The number of rotatable bonds is 10. The molecule has 3 aromatic rings. The van der Waals surface area contributed by atoms with Gasteiger partial charge < -0.3 is 10.1 Å². The van der Waals surface area contributed by atoms with Crippen LogP contribution in [0.2, 0.25) is 10.0 Å². The van der Waals surface area contributed by atoms with E-state index in [0.29, 0.717) is 12.2 Å². The number of benzene rings is 3. The Morgan fingerprint density at radius 3 is 2.35 bits per heavy atom. The molecular weight excluding hydrogens is 495 g/mol. The molecule has 0 bridgehead atoms. The second kappa shape index (κ2) is 11.7. The number of carbonyl (C=O) groups is 1. The summed E-state index contributed by atoms with van der Waals surface area (Å²) in [5.74, 6) is 0.275. The fourth-order valence-corrected chi connectivity index (χ4v) is 5.55. The van der Waals surface area contributed by atoms with Crippen LogP contribution in [0.5, 0.6) is 5.75 Å². The van der Waals surface area contributed by atoms with Gasteiger partial charge >= 0.3 is 0 Å². The number of halogens is 2. The van der Waals surface area contributed by atoms with Crippen LogP contribution in [-0.4, -0.2) is 38.8 Å². The molecule has 9 heteroatoms. The van der Waals surface area contributed by atoms with Crippen LogP contribution in [0, 0.1) is 0 Å². The van der Waals surface area contributed by atoms with Gasteiger partial charge in [-0.15, -0.1) is 0 Å². The van der Waals surface area contributed by atoms with Crippen LogP contribution in [0.1, 0.15) is 24.1 Å². The molecule has 180 valence electrons. The van der Waals surface area contributed by atoms with Gasteiger partial charge in [-0.1, -0.05) is 65.7 Å². The maximum atomic E-state index is 13.5. The second-order valence-electron chi connectivity index (χ2n) is 7.71. The predicted molar refractivity (Wildman–Crippen MR) is 135 cm³/mol. The summed E-state index contributed by atoms with van der Waals surface area (Å²) in [5, 5.41) is 3.15. The average Bonchev–Trinajstić information content (AvgIpc) is 2.83. The zero-order valence-electron chi connectivity index (χ0n) is 18.9. The van der Waals surface area contributed by atoms with Crippen molar-refractivity contribution >= 4 is 39.1 Å². The highest BCUT2D eigenvalue weighted by Crippen LogP contribution is 2.28. The molecule has 0 radical (unpaired) electrons. The Kier molecular flexibility index (Phi) is 8.97. The first kappa shape index (κ1) is 26.0. The highest BCUT2D eigenvalue weighted by Gasteiger charge is 2.29. The molecule has 0 aliphatic heterocycles. The van der Waals surface area contributed by atoms with Gasteiger partial charge in [0.25, 0.3) is 0 Å². The van der Waals surface area contributed by atoms with E-state index in [2.05, 4.69) is 5.32 Å². The minimum absolute atomic E-state index is 0.0427. The number of carbonyl (C=O) groups excluding carboxylic acids is 1. The largest absolute Gasteiger partial charge is 0.497 e. The Morgan fingerprint density at radius 1 is 1.03 bits per heavy atom. The summed E-state index contributed by atoms with van der Waals surface area (Å²) in [4.78, 5) is 12.8. The van der Waals surface area contributed by atoms with E-state index < -0.39 is 15.9 Å². The van der Waals surface area contributed by atoms with Crippen LogP contribution in [0.3, 0.4) is 0 Å². The molecular formula is C25H26Cl2N2O4S. The maximum Gasteiger partial charge on any atom is 0.245 e. The molecule has 3 aromatic carbocycles. The molecule has 0 spiro atoms. The zero-order valence-corrected chi connectivity index (χ0v) is 21.2. The number of methoxy groups -OCH3 is 1.